The summed E-state index contributed by atoms with van der Waals surface area (Å²) in [5, 5.41) is 4.78. The lowest BCUT2D eigenvalue weighted by atomic mass is 10.0. The van der Waals surface area contributed by atoms with E-state index in [1.807, 2.05) is 0 Å². The number of carbonyl (C=O) groups excluding carboxylic acids is 2. The summed E-state index contributed by atoms with van der Waals surface area (Å²) >= 11 is 0. The van der Waals surface area contributed by atoms with Crippen molar-refractivity contribution in [3.63, 3.8) is 0 Å². The number of nitrogens with one attached hydrogen (secondary N) is 1. The molecule has 0 aliphatic heterocycles. The van der Waals surface area contributed by atoms with Crippen LogP contribution in [0.1, 0.15) is 20.8 Å². The molecule has 122 valence electrons. The zero-order chi connectivity index (χ0) is 17.4. The number of halogens is 6. The van der Waals surface area contributed by atoms with E-state index in [0.29, 0.717) is 0 Å². The van der Waals surface area contributed by atoms with Gasteiger partial charge in [0.25, 0.3) is 11.6 Å². The maximum Gasteiger partial charge on any atom is 0.456 e. The van der Waals surface area contributed by atoms with Gasteiger partial charge in [0.15, 0.2) is 0 Å². The van der Waals surface area contributed by atoms with Gasteiger partial charge in [0.05, 0.1) is 11.3 Å². The van der Waals surface area contributed by atoms with Crippen molar-refractivity contribution < 1.29 is 35.9 Å². The van der Waals surface area contributed by atoms with Gasteiger partial charge in [-0.3, -0.25) is 19.7 Å². The number of hydrogen-bond acceptors (Lipinski definition) is 4. The van der Waals surface area contributed by atoms with E-state index in [2.05, 4.69) is 10.1 Å². The smallest absolute Gasteiger partial charge is 0.284 e. The van der Waals surface area contributed by atoms with Crippen LogP contribution in [-0.4, -0.2) is 39.1 Å². The van der Waals surface area contributed by atoms with Crippen LogP contribution in [0.3, 0.4) is 0 Å². The van der Waals surface area contributed by atoms with Gasteiger partial charge in [0.2, 0.25) is 0 Å². The highest BCUT2D eigenvalue weighted by molar-refractivity contribution is 6.14. The first-order valence-corrected chi connectivity index (χ1v) is 5.76. The van der Waals surface area contributed by atoms with Gasteiger partial charge in [-0.2, -0.15) is 31.4 Å². The van der Waals surface area contributed by atoms with Crippen molar-refractivity contribution in [1.29, 1.82) is 0 Å². The van der Waals surface area contributed by atoms with Crippen molar-refractivity contribution in [2.24, 2.45) is 0 Å². The summed E-state index contributed by atoms with van der Waals surface area (Å²) in [5.41, 5.74) is -4.18. The molecule has 11 heteroatoms. The monoisotopic (exact) mass is 337 g/mol. The first kappa shape index (κ1) is 16.6. The van der Waals surface area contributed by atoms with Crippen molar-refractivity contribution in [2.45, 2.75) is 12.4 Å². The van der Waals surface area contributed by atoms with Crippen LogP contribution in [0.5, 0.6) is 0 Å². The normalized spacial score (nSPS) is 12.3. The molecule has 0 amide bonds. The Morgan fingerprint density at radius 1 is 0.957 bits per heavy atom. The number of carbonyl (C=O) groups is 2. The summed E-state index contributed by atoms with van der Waals surface area (Å²) in [5.74, 6) is -5.26. The third kappa shape index (κ3) is 3.22. The molecule has 23 heavy (non-hydrogen) atoms. The Morgan fingerprint density at radius 3 is 2.04 bits per heavy atom. The molecule has 0 spiro atoms. The Kier molecular flexibility index (Phi) is 3.97. The number of Topliss-reactive ketones (excluding diaryl/α,β-unsaturated/α-hetero) is 2. The van der Waals surface area contributed by atoms with E-state index in [-0.39, 0.29) is 5.69 Å². The molecule has 0 aliphatic carbocycles. The molecule has 1 N–H and O–H groups in total. The highest BCUT2D eigenvalue weighted by Crippen LogP contribution is 2.32. The third-order valence-electron chi connectivity index (χ3n) is 2.64. The minimum Gasteiger partial charge on any atom is -0.284 e. The van der Waals surface area contributed by atoms with Gasteiger partial charge >= 0.3 is 12.4 Å². The lowest BCUT2D eigenvalue weighted by Gasteiger charge is -2.08. The van der Waals surface area contributed by atoms with Gasteiger partial charge in [0, 0.05) is 6.20 Å². The fraction of sp³-hybridized carbons (Fsp3) is 0.167. The predicted octanol–water partition coefficient (Wildman–Crippen LogP) is 2.96. The molecule has 0 radical (unpaired) electrons. The average Bonchev–Trinajstić information content (AvgIpc) is 2.88. The number of rotatable bonds is 3. The number of alkyl halides is 6. The first-order chi connectivity index (χ1) is 10.5. The van der Waals surface area contributed by atoms with E-state index in [0.717, 1.165) is 12.3 Å². The number of pyridine rings is 1. The van der Waals surface area contributed by atoms with E-state index in [9.17, 15) is 35.9 Å². The fourth-order valence-corrected chi connectivity index (χ4v) is 1.70. The molecule has 0 aromatic carbocycles. The SMILES string of the molecule is O=C(c1[nH]nc(-c2ccccn2)c1C(=O)C(F)(F)F)C(F)(F)F. The van der Waals surface area contributed by atoms with E-state index in [4.69, 9.17) is 0 Å². The molecule has 0 saturated carbocycles. The van der Waals surface area contributed by atoms with Crippen LogP contribution in [0.15, 0.2) is 24.4 Å². The van der Waals surface area contributed by atoms with Crippen molar-refractivity contribution in [1.82, 2.24) is 15.2 Å². The lowest BCUT2D eigenvalue weighted by Crippen LogP contribution is -2.29. The van der Waals surface area contributed by atoms with Crippen LogP contribution < -0.4 is 0 Å². The summed E-state index contributed by atoms with van der Waals surface area (Å²) in [6, 6.07) is 3.85. The van der Waals surface area contributed by atoms with Gasteiger partial charge in [-0.25, -0.2) is 0 Å². The zero-order valence-electron chi connectivity index (χ0n) is 10.8. The highest BCUT2D eigenvalue weighted by atomic mass is 19.4. The molecular weight excluding hydrogens is 332 g/mol. The molecule has 0 bridgehead atoms. The molecule has 0 atom stereocenters. The Bertz CT molecular complexity index is 748. The van der Waals surface area contributed by atoms with Crippen LogP contribution in [-0.2, 0) is 0 Å². The van der Waals surface area contributed by atoms with E-state index in [1.165, 1.54) is 12.1 Å². The standard InChI is InChI=1S/C12H5F6N3O2/c13-11(14,15)9(22)6-7(5-3-1-2-4-19-5)20-21-8(6)10(23)12(16,17)18/h1-4H,(H,20,21). The predicted molar refractivity (Wildman–Crippen MR) is 62.6 cm³/mol. The Balaban J connectivity index is 2.69. The maximum absolute atomic E-state index is 12.6. The first-order valence-electron chi connectivity index (χ1n) is 5.76. The lowest BCUT2D eigenvalue weighted by molar-refractivity contribution is -0.0909. The summed E-state index contributed by atoms with van der Waals surface area (Å²) in [6.45, 7) is 0. The number of nitrogens with zero attached hydrogens (tertiary/aromatic N) is 2. The fourth-order valence-electron chi connectivity index (χ4n) is 1.70. The van der Waals surface area contributed by atoms with E-state index < -0.39 is 40.9 Å². The van der Waals surface area contributed by atoms with Crippen LogP contribution in [0.2, 0.25) is 0 Å². The quantitative estimate of drug-likeness (QED) is 0.690. The van der Waals surface area contributed by atoms with Gasteiger partial charge in [-0.05, 0) is 12.1 Å². The Morgan fingerprint density at radius 2 is 1.57 bits per heavy atom. The summed E-state index contributed by atoms with van der Waals surface area (Å²) in [6.07, 6.45) is -9.83. The van der Waals surface area contributed by atoms with E-state index >= 15 is 0 Å². The molecule has 2 aromatic heterocycles. The molecule has 0 saturated heterocycles. The summed E-state index contributed by atoms with van der Waals surface area (Å²) < 4.78 is 75.4. The average molecular weight is 337 g/mol. The second-order valence-corrected chi connectivity index (χ2v) is 4.19. The van der Waals surface area contributed by atoms with Gasteiger partial charge < -0.3 is 0 Å². The minimum absolute atomic E-state index is 0.294. The van der Waals surface area contributed by atoms with Crippen LogP contribution in [0.4, 0.5) is 26.3 Å². The molecule has 2 rings (SSSR count). The topological polar surface area (TPSA) is 75.7 Å². The maximum atomic E-state index is 12.6. The van der Waals surface area contributed by atoms with E-state index in [1.54, 1.807) is 5.10 Å². The zero-order valence-corrected chi connectivity index (χ0v) is 10.8. The number of ketones is 2. The number of aromatic amines is 1. The highest BCUT2D eigenvalue weighted by Gasteiger charge is 2.48. The van der Waals surface area contributed by atoms with Gasteiger partial charge in [-0.15, -0.1) is 0 Å². The van der Waals surface area contributed by atoms with Crippen molar-refractivity contribution in [2.75, 3.05) is 0 Å². The molecule has 2 heterocycles. The van der Waals surface area contributed by atoms with Crippen LogP contribution in [0, 0.1) is 0 Å². The Labute approximate surface area is 123 Å². The number of aromatic nitrogens is 3. The molecule has 0 aliphatic rings. The largest absolute Gasteiger partial charge is 0.456 e. The molecule has 0 fully saturated rings. The summed E-state index contributed by atoms with van der Waals surface area (Å²) in [7, 11) is 0. The molecule has 0 unspecified atom stereocenters. The van der Waals surface area contributed by atoms with Crippen LogP contribution >= 0.6 is 0 Å². The second kappa shape index (κ2) is 5.48. The minimum atomic E-state index is -5.49. The molecule has 5 nitrogen and oxygen atoms in total. The van der Waals surface area contributed by atoms with Gasteiger partial charge in [0.1, 0.15) is 11.4 Å². The van der Waals surface area contributed by atoms with Gasteiger partial charge in [-0.1, -0.05) is 6.07 Å². The summed E-state index contributed by atoms with van der Waals surface area (Å²) in [4.78, 5) is 26.3. The molecule has 2 aromatic rings. The Hall–Kier alpha value is -2.72. The van der Waals surface area contributed by atoms with Crippen molar-refractivity contribution in [3.8, 4) is 11.4 Å². The third-order valence-corrected chi connectivity index (χ3v) is 2.64. The number of H-pyrrole nitrogens is 1. The van der Waals surface area contributed by atoms with Crippen molar-refractivity contribution >= 4 is 11.6 Å². The van der Waals surface area contributed by atoms with Crippen molar-refractivity contribution in [3.05, 3.63) is 35.7 Å². The number of hydrogen-bond donors (Lipinski definition) is 1. The second-order valence-electron chi connectivity index (χ2n) is 4.19. The van der Waals surface area contributed by atoms with Crippen LogP contribution in [0.25, 0.3) is 11.4 Å². The molecular formula is C12H5F6N3O2.